The summed E-state index contributed by atoms with van der Waals surface area (Å²) in [6, 6.07) is 4.93. The number of carbonyl (C=O) groups is 3. The second-order valence-corrected chi connectivity index (χ2v) is 8.39. The summed E-state index contributed by atoms with van der Waals surface area (Å²) in [6.07, 6.45) is 9.82. The molecule has 3 heterocycles. The zero-order chi connectivity index (χ0) is 21.4. The predicted octanol–water partition coefficient (Wildman–Crippen LogP) is 2.62. The number of nitrogens with zero attached hydrogens (tertiary/aromatic N) is 3. The number of nitrogens with one attached hydrogen (secondary N) is 1. The first-order valence-corrected chi connectivity index (χ1v) is 10.8. The average molecular weight is 420 g/mol. The summed E-state index contributed by atoms with van der Waals surface area (Å²) >= 11 is 0. The normalized spacial score (nSPS) is 21.7. The molecule has 31 heavy (non-hydrogen) atoms. The zero-order valence-corrected chi connectivity index (χ0v) is 17.2. The van der Waals surface area contributed by atoms with Crippen LogP contribution >= 0.6 is 0 Å². The molecule has 0 spiro atoms. The SMILES string of the molecule is O=C1CCC(N2Cc3cc(-c4cncc(OC5CCCCC5)n4)ccc3C2=O)C(=O)N1. The number of piperidine rings is 1. The minimum absolute atomic E-state index is 0.184. The molecule has 5 rings (SSSR count). The smallest absolute Gasteiger partial charge is 0.255 e. The number of ether oxygens (including phenoxy) is 1. The molecule has 2 aliphatic heterocycles. The third kappa shape index (κ3) is 3.89. The van der Waals surface area contributed by atoms with Crippen LogP contribution in [0.4, 0.5) is 0 Å². The molecule has 1 aromatic heterocycles. The summed E-state index contributed by atoms with van der Waals surface area (Å²) in [4.78, 5) is 47.0. The third-order valence-electron chi connectivity index (χ3n) is 6.27. The van der Waals surface area contributed by atoms with Crippen LogP contribution in [0.2, 0.25) is 0 Å². The van der Waals surface area contributed by atoms with Gasteiger partial charge in [-0.25, -0.2) is 4.98 Å². The minimum Gasteiger partial charge on any atom is -0.473 e. The standard InChI is InChI=1S/C23H24N4O4/c28-20-9-8-19(22(29)26-20)27-13-15-10-14(6-7-17(15)23(27)30)18-11-24-12-21(25-18)31-16-4-2-1-3-5-16/h6-7,10-12,16,19H,1-5,8-9,13H2,(H,26,28,29). The van der Waals surface area contributed by atoms with E-state index in [0.717, 1.165) is 24.0 Å². The molecule has 1 atom stereocenters. The Morgan fingerprint density at radius 1 is 1.03 bits per heavy atom. The second-order valence-electron chi connectivity index (χ2n) is 8.39. The van der Waals surface area contributed by atoms with Gasteiger partial charge in [-0.2, -0.15) is 0 Å². The first kappa shape index (κ1) is 19.7. The van der Waals surface area contributed by atoms with Crippen LogP contribution in [0.1, 0.15) is 60.9 Å². The monoisotopic (exact) mass is 420 g/mol. The zero-order valence-electron chi connectivity index (χ0n) is 17.2. The van der Waals surface area contributed by atoms with Crippen molar-refractivity contribution in [1.29, 1.82) is 0 Å². The molecule has 2 aromatic rings. The van der Waals surface area contributed by atoms with Gasteiger partial charge in [-0.15, -0.1) is 0 Å². The maximum atomic E-state index is 12.9. The molecule has 1 aromatic carbocycles. The Kier molecular flexibility index (Phi) is 5.13. The fourth-order valence-corrected chi connectivity index (χ4v) is 4.63. The molecule has 3 amide bonds. The van der Waals surface area contributed by atoms with Crippen LogP contribution in [-0.2, 0) is 16.1 Å². The first-order chi connectivity index (χ1) is 15.1. The molecule has 2 fully saturated rings. The van der Waals surface area contributed by atoms with Crippen molar-refractivity contribution in [2.24, 2.45) is 0 Å². The van der Waals surface area contributed by atoms with Crippen LogP contribution in [0.25, 0.3) is 11.3 Å². The maximum Gasteiger partial charge on any atom is 0.255 e. The molecule has 8 heteroatoms. The quantitative estimate of drug-likeness (QED) is 0.763. The van der Waals surface area contributed by atoms with E-state index in [1.807, 2.05) is 12.1 Å². The van der Waals surface area contributed by atoms with Crippen molar-refractivity contribution in [3.63, 3.8) is 0 Å². The molecular weight excluding hydrogens is 396 g/mol. The Labute approximate surface area is 180 Å². The lowest BCUT2D eigenvalue weighted by molar-refractivity contribution is -0.136. The van der Waals surface area contributed by atoms with Crippen LogP contribution in [0, 0.1) is 0 Å². The van der Waals surface area contributed by atoms with E-state index in [2.05, 4.69) is 15.3 Å². The van der Waals surface area contributed by atoms with Crippen molar-refractivity contribution in [3.8, 4) is 17.1 Å². The van der Waals surface area contributed by atoms with Crippen molar-refractivity contribution in [3.05, 3.63) is 41.7 Å². The molecule has 1 aliphatic carbocycles. The summed E-state index contributed by atoms with van der Waals surface area (Å²) in [6.45, 7) is 0.333. The molecule has 1 N–H and O–H groups in total. The van der Waals surface area contributed by atoms with Crippen molar-refractivity contribution in [2.45, 2.75) is 63.6 Å². The summed E-state index contributed by atoms with van der Waals surface area (Å²) < 4.78 is 6.04. The Balaban J connectivity index is 1.35. The van der Waals surface area contributed by atoms with Gasteiger partial charge in [0.2, 0.25) is 17.7 Å². The highest BCUT2D eigenvalue weighted by atomic mass is 16.5. The number of fused-ring (bicyclic) bond motifs is 1. The van der Waals surface area contributed by atoms with E-state index in [1.54, 1.807) is 23.4 Å². The van der Waals surface area contributed by atoms with Gasteiger partial charge in [-0.05, 0) is 49.8 Å². The van der Waals surface area contributed by atoms with Gasteiger partial charge in [0.25, 0.3) is 5.91 Å². The molecule has 160 valence electrons. The number of aromatic nitrogens is 2. The van der Waals surface area contributed by atoms with Gasteiger partial charge in [-0.1, -0.05) is 12.5 Å². The van der Waals surface area contributed by atoms with Gasteiger partial charge in [0.05, 0.1) is 18.1 Å². The van der Waals surface area contributed by atoms with Crippen LogP contribution in [0.15, 0.2) is 30.6 Å². The summed E-state index contributed by atoms with van der Waals surface area (Å²) in [5.74, 6) is -0.361. The van der Waals surface area contributed by atoms with Crippen LogP contribution in [-0.4, -0.2) is 44.7 Å². The van der Waals surface area contributed by atoms with Gasteiger partial charge in [-0.3, -0.25) is 24.7 Å². The van der Waals surface area contributed by atoms with Crippen molar-refractivity contribution in [1.82, 2.24) is 20.2 Å². The van der Waals surface area contributed by atoms with E-state index in [9.17, 15) is 14.4 Å². The predicted molar refractivity (Wildman–Crippen MR) is 111 cm³/mol. The summed E-state index contributed by atoms with van der Waals surface area (Å²) in [5.41, 5.74) is 2.95. The highest BCUT2D eigenvalue weighted by Crippen LogP contribution is 2.31. The van der Waals surface area contributed by atoms with E-state index < -0.39 is 11.9 Å². The van der Waals surface area contributed by atoms with Gasteiger partial charge in [0.15, 0.2) is 0 Å². The Bertz CT molecular complexity index is 1050. The fraction of sp³-hybridized carbons (Fsp3) is 0.435. The summed E-state index contributed by atoms with van der Waals surface area (Å²) in [5, 5.41) is 2.33. The second kappa shape index (κ2) is 8.09. The number of hydrogen-bond donors (Lipinski definition) is 1. The lowest BCUT2D eigenvalue weighted by Gasteiger charge is -2.29. The highest BCUT2D eigenvalue weighted by Gasteiger charge is 2.39. The van der Waals surface area contributed by atoms with Crippen LogP contribution in [0.5, 0.6) is 5.88 Å². The first-order valence-electron chi connectivity index (χ1n) is 10.8. The number of rotatable bonds is 4. The molecule has 1 saturated heterocycles. The Morgan fingerprint density at radius 2 is 1.87 bits per heavy atom. The van der Waals surface area contributed by atoms with Gasteiger partial charge in [0, 0.05) is 24.1 Å². The Morgan fingerprint density at radius 3 is 2.68 bits per heavy atom. The van der Waals surface area contributed by atoms with E-state index in [0.29, 0.717) is 30.1 Å². The molecule has 8 nitrogen and oxygen atoms in total. The molecule has 0 radical (unpaired) electrons. The number of benzene rings is 1. The van der Waals surface area contributed by atoms with Gasteiger partial charge in [0.1, 0.15) is 12.1 Å². The van der Waals surface area contributed by atoms with E-state index in [-0.39, 0.29) is 24.3 Å². The highest BCUT2D eigenvalue weighted by molar-refractivity contribution is 6.05. The molecule has 1 unspecified atom stereocenters. The number of amides is 3. The van der Waals surface area contributed by atoms with Crippen LogP contribution in [0.3, 0.4) is 0 Å². The number of imide groups is 1. The molecular formula is C23H24N4O4. The molecule has 1 saturated carbocycles. The van der Waals surface area contributed by atoms with Crippen molar-refractivity contribution in [2.75, 3.05) is 0 Å². The molecule has 3 aliphatic rings. The fourth-order valence-electron chi connectivity index (χ4n) is 4.63. The lowest BCUT2D eigenvalue weighted by atomic mass is 9.98. The van der Waals surface area contributed by atoms with Gasteiger partial charge < -0.3 is 9.64 Å². The largest absolute Gasteiger partial charge is 0.473 e. The number of carbonyl (C=O) groups excluding carboxylic acids is 3. The maximum absolute atomic E-state index is 12.9. The molecule has 0 bridgehead atoms. The van der Waals surface area contributed by atoms with E-state index in [4.69, 9.17) is 4.74 Å². The minimum atomic E-state index is -0.618. The average Bonchev–Trinajstić information content (AvgIpc) is 3.10. The van der Waals surface area contributed by atoms with Gasteiger partial charge >= 0.3 is 0 Å². The lowest BCUT2D eigenvalue weighted by Crippen LogP contribution is -2.52. The number of hydrogen-bond acceptors (Lipinski definition) is 6. The van der Waals surface area contributed by atoms with E-state index in [1.165, 1.54) is 19.3 Å². The topological polar surface area (TPSA) is 101 Å². The van der Waals surface area contributed by atoms with Crippen LogP contribution < -0.4 is 10.1 Å². The third-order valence-corrected chi connectivity index (χ3v) is 6.27. The van der Waals surface area contributed by atoms with E-state index >= 15 is 0 Å². The van der Waals surface area contributed by atoms with Crippen molar-refractivity contribution >= 4 is 17.7 Å². The Hall–Kier alpha value is -3.29. The summed E-state index contributed by atoms with van der Waals surface area (Å²) in [7, 11) is 0. The van der Waals surface area contributed by atoms with Crippen molar-refractivity contribution < 1.29 is 19.1 Å².